The monoisotopic (exact) mass is 251 g/mol. The molecule has 3 rings (SSSR count). The van der Waals surface area contributed by atoms with Crippen molar-refractivity contribution in [1.82, 2.24) is 19.5 Å². The van der Waals surface area contributed by atoms with Crippen molar-refractivity contribution in [3.05, 3.63) is 12.7 Å². The Morgan fingerprint density at radius 1 is 1.41 bits per heavy atom. The summed E-state index contributed by atoms with van der Waals surface area (Å²) in [5.74, 6) is 0.412. The summed E-state index contributed by atoms with van der Waals surface area (Å²) in [5.41, 5.74) is 7.17. The third-order valence-electron chi connectivity index (χ3n) is 2.99. The van der Waals surface area contributed by atoms with Crippen LogP contribution in [0.4, 0.5) is 5.82 Å². The molecule has 90 valence electrons. The summed E-state index contributed by atoms with van der Waals surface area (Å²) in [7, 11) is 0. The van der Waals surface area contributed by atoms with E-state index in [-0.39, 0.29) is 12.0 Å². The van der Waals surface area contributed by atoms with E-state index in [2.05, 4.69) is 15.0 Å². The molecule has 1 fully saturated rings. The van der Waals surface area contributed by atoms with Crippen molar-refractivity contribution in [2.24, 2.45) is 0 Å². The molecule has 7 heteroatoms. The highest BCUT2D eigenvalue weighted by atomic mass is 32.2. The number of nitrogens with two attached hydrogens (primary N) is 1. The summed E-state index contributed by atoms with van der Waals surface area (Å²) >= 11 is 1.76. The molecule has 3 N–H and O–H groups in total. The van der Waals surface area contributed by atoms with Gasteiger partial charge in [0.15, 0.2) is 11.5 Å². The highest BCUT2D eigenvalue weighted by Gasteiger charge is 2.27. The van der Waals surface area contributed by atoms with Gasteiger partial charge in [-0.3, -0.25) is 0 Å². The average molecular weight is 251 g/mol. The van der Waals surface area contributed by atoms with Gasteiger partial charge in [-0.25, -0.2) is 15.0 Å². The standard InChI is InChI=1S/C10H13N5OS/c11-9-8-10(13-4-12-9)15(5-14-8)7-2-1-6(3-16)17-7/h4-7,16H,1-3H2,(H2,11,12,13)/t6-,7-/m0/s1. The number of aromatic nitrogens is 4. The van der Waals surface area contributed by atoms with Crippen LogP contribution in [0.5, 0.6) is 0 Å². The molecule has 0 bridgehead atoms. The maximum Gasteiger partial charge on any atom is 0.166 e. The van der Waals surface area contributed by atoms with Gasteiger partial charge in [-0.15, -0.1) is 11.8 Å². The summed E-state index contributed by atoms with van der Waals surface area (Å²) in [4.78, 5) is 12.4. The predicted molar refractivity (Wildman–Crippen MR) is 66.5 cm³/mol. The van der Waals surface area contributed by atoms with Crippen molar-refractivity contribution in [3.8, 4) is 0 Å². The molecule has 17 heavy (non-hydrogen) atoms. The number of nitrogens with zero attached hydrogens (tertiary/aromatic N) is 4. The molecular formula is C10H13N5OS. The van der Waals surface area contributed by atoms with Crippen LogP contribution in [-0.4, -0.2) is 36.5 Å². The van der Waals surface area contributed by atoms with Crippen molar-refractivity contribution >= 4 is 28.7 Å². The number of aliphatic hydroxyl groups excluding tert-OH is 1. The minimum absolute atomic E-state index is 0.227. The number of rotatable bonds is 2. The van der Waals surface area contributed by atoms with Gasteiger partial charge < -0.3 is 15.4 Å². The predicted octanol–water partition coefficient (Wildman–Crippen LogP) is 0.795. The molecule has 2 aromatic heterocycles. The molecule has 0 saturated carbocycles. The lowest BCUT2D eigenvalue weighted by molar-refractivity contribution is 0.292. The first-order valence-corrected chi connectivity index (χ1v) is 6.43. The fraction of sp³-hybridized carbons (Fsp3) is 0.500. The van der Waals surface area contributed by atoms with Gasteiger partial charge in [0.2, 0.25) is 0 Å². The summed E-state index contributed by atoms with van der Waals surface area (Å²) < 4.78 is 2.02. The molecule has 2 atom stereocenters. The second kappa shape index (κ2) is 4.15. The van der Waals surface area contributed by atoms with E-state index in [0.29, 0.717) is 16.6 Å². The molecule has 1 aliphatic rings. The van der Waals surface area contributed by atoms with E-state index in [1.165, 1.54) is 6.33 Å². The smallest absolute Gasteiger partial charge is 0.166 e. The van der Waals surface area contributed by atoms with Crippen LogP contribution in [0.25, 0.3) is 11.2 Å². The molecule has 6 nitrogen and oxygen atoms in total. The first kappa shape index (κ1) is 10.8. The van der Waals surface area contributed by atoms with Crippen molar-refractivity contribution in [1.29, 1.82) is 0 Å². The Labute approximate surface area is 102 Å². The molecule has 2 aromatic rings. The first-order valence-electron chi connectivity index (χ1n) is 5.49. The summed E-state index contributed by atoms with van der Waals surface area (Å²) in [6.07, 6.45) is 5.25. The third-order valence-corrected chi connectivity index (χ3v) is 4.53. The van der Waals surface area contributed by atoms with Gasteiger partial charge in [0.05, 0.1) is 18.3 Å². The van der Waals surface area contributed by atoms with Gasteiger partial charge in [0, 0.05) is 5.25 Å². The number of fused-ring (bicyclic) bond motifs is 1. The summed E-state index contributed by atoms with van der Waals surface area (Å²) in [5, 5.41) is 9.75. The van der Waals surface area contributed by atoms with Crippen LogP contribution in [0.1, 0.15) is 18.2 Å². The van der Waals surface area contributed by atoms with E-state index < -0.39 is 0 Å². The van der Waals surface area contributed by atoms with Crippen LogP contribution in [0.2, 0.25) is 0 Å². The largest absolute Gasteiger partial charge is 0.395 e. The Morgan fingerprint density at radius 2 is 2.29 bits per heavy atom. The highest BCUT2D eigenvalue weighted by Crippen LogP contribution is 2.42. The second-order valence-electron chi connectivity index (χ2n) is 4.06. The van der Waals surface area contributed by atoms with Gasteiger partial charge in [-0.05, 0) is 12.8 Å². The van der Waals surface area contributed by atoms with Crippen LogP contribution in [-0.2, 0) is 0 Å². The fourth-order valence-corrected chi connectivity index (χ4v) is 3.47. The van der Waals surface area contributed by atoms with E-state index in [4.69, 9.17) is 10.8 Å². The third kappa shape index (κ3) is 1.75. The molecule has 1 aliphatic heterocycles. The van der Waals surface area contributed by atoms with Crippen molar-refractivity contribution in [2.45, 2.75) is 23.5 Å². The SMILES string of the molecule is Nc1ncnc2c1ncn2[C@@H]1CC[C@@H](CO)S1. The highest BCUT2D eigenvalue weighted by molar-refractivity contribution is 8.00. The molecule has 3 heterocycles. The van der Waals surface area contributed by atoms with Crippen LogP contribution in [0, 0.1) is 0 Å². The lowest BCUT2D eigenvalue weighted by atomic mass is 10.2. The zero-order valence-electron chi connectivity index (χ0n) is 9.15. The van der Waals surface area contributed by atoms with E-state index in [1.54, 1.807) is 18.1 Å². The molecule has 0 radical (unpaired) electrons. The van der Waals surface area contributed by atoms with Gasteiger partial charge >= 0.3 is 0 Å². The van der Waals surface area contributed by atoms with Gasteiger partial charge in [-0.1, -0.05) is 0 Å². The van der Waals surface area contributed by atoms with Crippen LogP contribution in [0.3, 0.4) is 0 Å². The van der Waals surface area contributed by atoms with Crippen LogP contribution in [0.15, 0.2) is 12.7 Å². The Bertz CT molecular complexity index is 542. The zero-order valence-corrected chi connectivity index (χ0v) is 9.97. The van der Waals surface area contributed by atoms with Crippen LogP contribution >= 0.6 is 11.8 Å². The maximum absolute atomic E-state index is 9.15. The van der Waals surface area contributed by atoms with Gasteiger partial charge in [0.25, 0.3) is 0 Å². The van der Waals surface area contributed by atoms with E-state index in [1.807, 2.05) is 4.57 Å². The lowest BCUT2D eigenvalue weighted by Gasteiger charge is -2.11. The molecule has 0 aromatic carbocycles. The van der Waals surface area contributed by atoms with Gasteiger partial charge in [-0.2, -0.15) is 0 Å². The molecule has 0 aliphatic carbocycles. The summed E-state index contributed by atoms with van der Waals surface area (Å²) in [6, 6.07) is 0. The Hall–Kier alpha value is -1.34. The first-order chi connectivity index (χ1) is 8.29. The quantitative estimate of drug-likeness (QED) is 0.820. The zero-order chi connectivity index (χ0) is 11.8. The number of anilines is 1. The molecule has 0 amide bonds. The van der Waals surface area contributed by atoms with Crippen molar-refractivity contribution < 1.29 is 5.11 Å². The Balaban J connectivity index is 1.99. The van der Waals surface area contributed by atoms with E-state index >= 15 is 0 Å². The molecule has 1 saturated heterocycles. The van der Waals surface area contributed by atoms with E-state index in [0.717, 1.165) is 18.5 Å². The number of hydrogen-bond donors (Lipinski definition) is 2. The molecule has 0 spiro atoms. The van der Waals surface area contributed by atoms with Crippen molar-refractivity contribution in [3.63, 3.8) is 0 Å². The number of nitrogen functional groups attached to an aromatic ring is 1. The minimum atomic E-state index is 0.227. The topological polar surface area (TPSA) is 89.9 Å². The summed E-state index contributed by atoms with van der Waals surface area (Å²) in [6.45, 7) is 0.227. The maximum atomic E-state index is 9.15. The second-order valence-corrected chi connectivity index (χ2v) is 5.54. The number of aliphatic hydroxyl groups is 1. The lowest BCUT2D eigenvalue weighted by Crippen LogP contribution is -2.04. The number of thioether (sulfide) groups is 1. The minimum Gasteiger partial charge on any atom is -0.395 e. The fourth-order valence-electron chi connectivity index (χ4n) is 2.11. The number of imidazole rings is 1. The van der Waals surface area contributed by atoms with Crippen LogP contribution < -0.4 is 5.73 Å². The van der Waals surface area contributed by atoms with Gasteiger partial charge in [0.1, 0.15) is 11.8 Å². The Kier molecular flexibility index (Phi) is 2.64. The van der Waals surface area contributed by atoms with E-state index in [9.17, 15) is 0 Å². The number of hydrogen-bond acceptors (Lipinski definition) is 6. The molecular weight excluding hydrogens is 238 g/mol. The van der Waals surface area contributed by atoms with Crippen molar-refractivity contribution in [2.75, 3.05) is 12.3 Å². The molecule has 0 unspecified atom stereocenters. The normalized spacial score (nSPS) is 24.5. The Morgan fingerprint density at radius 3 is 3.06 bits per heavy atom. The average Bonchev–Trinajstić information content (AvgIpc) is 2.94.